The van der Waals surface area contributed by atoms with Crippen LogP contribution in [-0.2, 0) is 9.59 Å². The van der Waals surface area contributed by atoms with Gasteiger partial charge < -0.3 is 5.32 Å². The molecule has 0 aliphatic rings. The normalized spacial score (nSPS) is 9.58. The minimum atomic E-state index is -0.493. The molecule has 0 fully saturated rings. The first-order valence-corrected chi connectivity index (χ1v) is 3.77. The molecule has 0 saturated carbocycles. The lowest BCUT2D eigenvalue weighted by Gasteiger charge is -2.12. The van der Waals surface area contributed by atoms with Gasteiger partial charge in [0.15, 0.2) is 5.78 Å². The smallest absolute Gasteiger partial charge is 0.260 e. The number of hydrogen-bond donors (Lipinski definition) is 2. The quantitative estimate of drug-likeness (QED) is 0.431. The van der Waals surface area contributed by atoms with E-state index in [0.29, 0.717) is 11.6 Å². The van der Waals surface area contributed by atoms with E-state index in [-0.39, 0.29) is 18.9 Å². The van der Waals surface area contributed by atoms with Gasteiger partial charge in [-0.25, -0.2) is 5.06 Å². The van der Waals surface area contributed by atoms with Crippen LogP contribution in [-0.4, -0.2) is 41.6 Å². The van der Waals surface area contributed by atoms with Gasteiger partial charge in [0.2, 0.25) is 0 Å². The third-order valence-electron chi connectivity index (χ3n) is 1.19. The summed E-state index contributed by atoms with van der Waals surface area (Å²) in [6.45, 7) is 3.62. The third kappa shape index (κ3) is 4.81. The fourth-order valence-corrected chi connectivity index (χ4v) is 0.622. The molecule has 5 heteroatoms. The lowest BCUT2D eigenvalue weighted by Crippen LogP contribution is -2.38. The second kappa shape index (κ2) is 5.68. The van der Waals surface area contributed by atoms with Crippen molar-refractivity contribution >= 4 is 11.7 Å². The Morgan fingerprint density at radius 2 is 2.08 bits per heavy atom. The van der Waals surface area contributed by atoms with Crippen LogP contribution in [0.1, 0.15) is 13.8 Å². The number of likely N-dealkylation sites (N-methyl/N-ethyl adjacent to an activating group) is 1. The Morgan fingerprint density at radius 1 is 1.50 bits per heavy atom. The van der Waals surface area contributed by atoms with E-state index in [1.165, 1.54) is 6.92 Å². The lowest BCUT2D eigenvalue weighted by molar-refractivity contribution is -0.166. The number of hydroxylamine groups is 2. The van der Waals surface area contributed by atoms with Crippen LogP contribution in [0.2, 0.25) is 0 Å². The SMILES string of the molecule is CCNCC(=O)N(O)CC(C)=O. The second-order valence-electron chi connectivity index (χ2n) is 2.43. The van der Waals surface area contributed by atoms with Crippen LogP contribution in [0.5, 0.6) is 0 Å². The first-order chi connectivity index (χ1) is 5.57. The summed E-state index contributed by atoms with van der Waals surface area (Å²) in [4.78, 5) is 21.4. The standard InChI is InChI=1S/C7H14N2O3/c1-3-8-4-7(11)9(12)5-6(2)10/h8,12H,3-5H2,1-2H3. The number of rotatable bonds is 5. The summed E-state index contributed by atoms with van der Waals surface area (Å²) in [6.07, 6.45) is 0. The number of carbonyl (C=O) groups is 2. The van der Waals surface area contributed by atoms with Crippen molar-refractivity contribution in [3.8, 4) is 0 Å². The van der Waals surface area contributed by atoms with E-state index in [0.717, 1.165) is 0 Å². The largest absolute Gasteiger partial charge is 0.309 e. The van der Waals surface area contributed by atoms with Crippen molar-refractivity contribution in [1.29, 1.82) is 0 Å². The molecule has 70 valence electrons. The molecule has 5 nitrogen and oxygen atoms in total. The highest BCUT2D eigenvalue weighted by Crippen LogP contribution is 1.83. The van der Waals surface area contributed by atoms with Crippen molar-refractivity contribution in [1.82, 2.24) is 10.4 Å². The Bertz CT molecular complexity index is 170. The summed E-state index contributed by atoms with van der Waals surface area (Å²) in [6, 6.07) is 0. The molecule has 0 rings (SSSR count). The van der Waals surface area contributed by atoms with E-state index in [4.69, 9.17) is 5.21 Å². The molecule has 0 spiro atoms. The summed E-state index contributed by atoms with van der Waals surface area (Å²) in [7, 11) is 0. The van der Waals surface area contributed by atoms with Crippen LogP contribution in [0.15, 0.2) is 0 Å². The van der Waals surface area contributed by atoms with E-state index in [9.17, 15) is 9.59 Å². The molecule has 0 radical (unpaired) electrons. The van der Waals surface area contributed by atoms with Crippen molar-refractivity contribution in [2.24, 2.45) is 0 Å². The Labute approximate surface area is 71.3 Å². The van der Waals surface area contributed by atoms with Crippen LogP contribution in [0.4, 0.5) is 0 Å². The van der Waals surface area contributed by atoms with Crippen LogP contribution in [0, 0.1) is 0 Å². The van der Waals surface area contributed by atoms with Crippen molar-refractivity contribution in [2.45, 2.75) is 13.8 Å². The molecule has 12 heavy (non-hydrogen) atoms. The zero-order valence-corrected chi connectivity index (χ0v) is 7.33. The van der Waals surface area contributed by atoms with Crippen molar-refractivity contribution in [3.63, 3.8) is 0 Å². The van der Waals surface area contributed by atoms with Gasteiger partial charge in [-0.15, -0.1) is 0 Å². The molecule has 0 aromatic carbocycles. The number of hydrogen-bond acceptors (Lipinski definition) is 4. The maximum atomic E-state index is 10.9. The molecule has 0 aromatic rings. The van der Waals surface area contributed by atoms with Gasteiger partial charge in [0.25, 0.3) is 5.91 Å². The molecule has 0 saturated heterocycles. The lowest BCUT2D eigenvalue weighted by atomic mass is 10.4. The maximum Gasteiger partial charge on any atom is 0.260 e. The summed E-state index contributed by atoms with van der Waals surface area (Å²) in [5, 5.41) is 12.1. The highest BCUT2D eigenvalue weighted by Gasteiger charge is 2.10. The van der Waals surface area contributed by atoms with Gasteiger partial charge in [-0.05, 0) is 13.5 Å². The predicted molar refractivity (Wildman–Crippen MR) is 42.7 cm³/mol. The third-order valence-corrected chi connectivity index (χ3v) is 1.19. The van der Waals surface area contributed by atoms with Gasteiger partial charge in [0.05, 0.1) is 6.54 Å². The summed E-state index contributed by atoms with van der Waals surface area (Å²) < 4.78 is 0. The van der Waals surface area contributed by atoms with Gasteiger partial charge in [-0.3, -0.25) is 14.8 Å². The molecule has 0 heterocycles. The number of nitrogens with one attached hydrogen (secondary N) is 1. The van der Waals surface area contributed by atoms with Crippen molar-refractivity contribution in [2.75, 3.05) is 19.6 Å². The Hall–Kier alpha value is -0.940. The minimum absolute atomic E-state index is 0.0558. The highest BCUT2D eigenvalue weighted by atomic mass is 16.5. The van der Waals surface area contributed by atoms with Gasteiger partial charge in [-0.2, -0.15) is 0 Å². The van der Waals surface area contributed by atoms with E-state index in [1.807, 2.05) is 6.92 Å². The van der Waals surface area contributed by atoms with Crippen LogP contribution >= 0.6 is 0 Å². The average molecular weight is 174 g/mol. The second-order valence-corrected chi connectivity index (χ2v) is 2.43. The van der Waals surface area contributed by atoms with Gasteiger partial charge in [0, 0.05) is 0 Å². The Morgan fingerprint density at radius 3 is 2.50 bits per heavy atom. The van der Waals surface area contributed by atoms with E-state index < -0.39 is 5.91 Å². The van der Waals surface area contributed by atoms with Gasteiger partial charge in [0.1, 0.15) is 6.54 Å². The zero-order chi connectivity index (χ0) is 9.56. The summed E-state index contributed by atoms with van der Waals surface area (Å²) >= 11 is 0. The molecule has 0 aliphatic heterocycles. The zero-order valence-electron chi connectivity index (χ0n) is 7.33. The number of amides is 1. The molecule has 0 bridgehead atoms. The highest BCUT2D eigenvalue weighted by molar-refractivity contribution is 5.84. The summed E-state index contributed by atoms with van der Waals surface area (Å²) in [5.74, 6) is -0.741. The number of ketones is 1. The fraction of sp³-hybridized carbons (Fsp3) is 0.714. The molecule has 2 N–H and O–H groups in total. The molecular weight excluding hydrogens is 160 g/mol. The molecular formula is C7H14N2O3. The fourth-order valence-electron chi connectivity index (χ4n) is 0.622. The van der Waals surface area contributed by atoms with E-state index >= 15 is 0 Å². The van der Waals surface area contributed by atoms with Gasteiger partial charge in [-0.1, -0.05) is 6.92 Å². The van der Waals surface area contributed by atoms with Crippen molar-refractivity contribution in [3.05, 3.63) is 0 Å². The topological polar surface area (TPSA) is 69.6 Å². The van der Waals surface area contributed by atoms with Crippen LogP contribution in [0.3, 0.4) is 0 Å². The van der Waals surface area contributed by atoms with Crippen molar-refractivity contribution < 1.29 is 14.8 Å². The van der Waals surface area contributed by atoms with Crippen LogP contribution < -0.4 is 5.32 Å². The number of nitrogens with zero attached hydrogens (tertiary/aromatic N) is 1. The van der Waals surface area contributed by atoms with Gasteiger partial charge >= 0.3 is 0 Å². The van der Waals surface area contributed by atoms with Crippen LogP contribution in [0.25, 0.3) is 0 Å². The molecule has 0 atom stereocenters. The van der Waals surface area contributed by atoms with E-state index in [1.54, 1.807) is 0 Å². The molecule has 1 amide bonds. The average Bonchev–Trinajstić information content (AvgIpc) is 1.98. The molecule has 0 aliphatic carbocycles. The molecule has 0 aromatic heterocycles. The molecule has 0 unspecified atom stereocenters. The minimum Gasteiger partial charge on any atom is -0.309 e. The maximum absolute atomic E-state index is 10.9. The monoisotopic (exact) mass is 174 g/mol. The summed E-state index contributed by atoms with van der Waals surface area (Å²) in [5.41, 5.74) is 0. The number of Topliss-reactive ketones (excluding diaryl/α,β-unsaturated/α-hetero) is 1. The first-order valence-electron chi connectivity index (χ1n) is 3.77. The number of carbonyl (C=O) groups excluding carboxylic acids is 2. The Balaban J connectivity index is 3.69. The first kappa shape index (κ1) is 11.1. The van der Waals surface area contributed by atoms with E-state index in [2.05, 4.69) is 5.32 Å². The Kier molecular flexibility index (Phi) is 5.23. The predicted octanol–water partition coefficient (Wildman–Crippen LogP) is -0.597.